The maximum atomic E-state index is 11.7. The van der Waals surface area contributed by atoms with Gasteiger partial charge in [-0.3, -0.25) is 14.8 Å². The zero-order chi connectivity index (χ0) is 35.0. The number of pyridine rings is 1. The van der Waals surface area contributed by atoms with Gasteiger partial charge in [0.25, 0.3) is 0 Å². The van der Waals surface area contributed by atoms with E-state index in [1.807, 2.05) is 33.9 Å². The van der Waals surface area contributed by atoms with Gasteiger partial charge in [-0.25, -0.2) is 4.98 Å². The molecule has 7 heteroatoms. The molecule has 0 atom stereocenters. The molecule has 0 spiro atoms. The number of aliphatic hydroxyl groups excluding tert-OH is 1. The zero-order valence-electron chi connectivity index (χ0n) is 30.6. The molecule has 0 aliphatic rings. The van der Waals surface area contributed by atoms with Crippen molar-refractivity contribution in [3.8, 4) is 22.5 Å². The third-order valence-corrected chi connectivity index (χ3v) is 9.98. The summed E-state index contributed by atoms with van der Waals surface area (Å²) in [6, 6.07) is 18.5. The summed E-state index contributed by atoms with van der Waals surface area (Å²) < 4.78 is 1.20. The summed E-state index contributed by atoms with van der Waals surface area (Å²) in [6.45, 7) is 19.3. The smallest absolute Gasteiger partial charge is 0.162 e. The molecule has 0 bridgehead atoms. The number of fused-ring (bicyclic) bond motifs is 2. The van der Waals surface area contributed by atoms with E-state index in [2.05, 4.69) is 98.5 Å². The molecule has 0 unspecified atom stereocenters. The molecule has 0 aliphatic carbocycles. The molecule has 263 valence electrons. The van der Waals surface area contributed by atoms with Crippen molar-refractivity contribution in [1.82, 2.24) is 15.0 Å². The first kappa shape index (κ1) is 40.2. The van der Waals surface area contributed by atoms with Crippen LogP contribution in [0.5, 0.6) is 0 Å². The van der Waals surface area contributed by atoms with E-state index >= 15 is 0 Å². The first-order valence-electron chi connectivity index (χ1n) is 17.5. The summed E-state index contributed by atoms with van der Waals surface area (Å²) in [7, 11) is 0. The van der Waals surface area contributed by atoms with E-state index in [1.165, 1.54) is 27.3 Å². The third kappa shape index (κ3) is 10.2. The van der Waals surface area contributed by atoms with Crippen molar-refractivity contribution in [2.24, 2.45) is 17.8 Å². The van der Waals surface area contributed by atoms with Crippen LogP contribution in [0.3, 0.4) is 0 Å². The van der Waals surface area contributed by atoms with Gasteiger partial charge in [-0.05, 0) is 66.5 Å². The summed E-state index contributed by atoms with van der Waals surface area (Å²) in [5, 5.41) is 14.4. The summed E-state index contributed by atoms with van der Waals surface area (Å²) in [5.74, 6) is 1.16. The van der Waals surface area contributed by atoms with E-state index in [4.69, 9.17) is 4.98 Å². The number of allylic oxidation sites excluding steroid dienone is 2. The molecule has 5 aromatic rings. The van der Waals surface area contributed by atoms with Crippen LogP contribution in [-0.2, 0) is 36.7 Å². The van der Waals surface area contributed by atoms with E-state index in [0.29, 0.717) is 5.92 Å². The molecule has 2 aromatic carbocycles. The number of rotatable bonds is 11. The number of hydrogen-bond acceptors (Lipinski definition) is 6. The molecule has 0 saturated heterocycles. The SMILES string of the molecule is CC(C)Cc1csc2cc(-c3cc(-c4[c-]c5ccccc5c(C(C)(C)C)c4)ncn3)cnc12.CCC(CC)C(=O)/C=C(\O)C(CC)CC.[Ir]. The molecule has 3 heterocycles. The minimum atomic E-state index is 0. The van der Waals surface area contributed by atoms with E-state index < -0.39 is 0 Å². The monoisotopic (exact) mass is 855 g/mol. The van der Waals surface area contributed by atoms with Gasteiger partial charge >= 0.3 is 0 Å². The minimum absolute atomic E-state index is 0. The fraction of sp³-hybridized carbons (Fsp3) is 0.429. The number of thiophene rings is 1. The molecular formula is C42H52IrN3O2S-. The Hall–Kier alpha value is -3.25. The second-order valence-corrected chi connectivity index (χ2v) is 15.0. The first-order chi connectivity index (χ1) is 22.9. The predicted octanol–water partition coefficient (Wildman–Crippen LogP) is 11.7. The van der Waals surface area contributed by atoms with Gasteiger partial charge in [0.05, 0.1) is 21.7 Å². The summed E-state index contributed by atoms with van der Waals surface area (Å²) in [4.78, 5) is 25.7. The van der Waals surface area contributed by atoms with Crippen molar-refractivity contribution in [3.63, 3.8) is 0 Å². The molecule has 1 radical (unpaired) electrons. The predicted molar refractivity (Wildman–Crippen MR) is 204 cm³/mol. The van der Waals surface area contributed by atoms with Crippen LogP contribution >= 0.6 is 11.3 Å². The molecule has 5 nitrogen and oxygen atoms in total. The Labute approximate surface area is 311 Å². The van der Waals surface area contributed by atoms with Crippen LogP contribution in [-0.4, -0.2) is 25.8 Å². The molecule has 1 N–H and O–H groups in total. The standard InChI is InChI=1S/C29H28N3S.C13H24O2.Ir/c1-18(2)10-22-16-33-27-13-21(15-30-28(22)27)26-14-25(31-17-32-26)20-11-19-8-6-7-9-23(19)24(12-20)29(3,4)5;1-5-10(6-2)12(14)9-13(15)11(7-3)8-4;/h6-9,12-18H,10H2,1-5H3;9-11,14H,5-8H2,1-4H3;/q-1;;/b;12-9-;. The van der Waals surface area contributed by atoms with Crippen LogP contribution in [0, 0.1) is 23.8 Å². The second kappa shape index (κ2) is 18.1. The van der Waals surface area contributed by atoms with Crippen LogP contribution < -0.4 is 0 Å². The summed E-state index contributed by atoms with van der Waals surface area (Å²) in [6.07, 6.45) is 9.55. The largest absolute Gasteiger partial charge is 0.512 e. The number of carbonyl (C=O) groups is 1. The van der Waals surface area contributed by atoms with Crippen LogP contribution in [0.1, 0.15) is 99.1 Å². The molecule has 0 saturated carbocycles. The van der Waals surface area contributed by atoms with Crippen molar-refractivity contribution < 1.29 is 30.0 Å². The van der Waals surface area contributed by atoms with Gasteiger partial charge < -0.3 is 5.11 Å². The molecule has 0 aliphatic heterocycles. The molecular weight excluding hydrogens is 803 g/mol. The second-order valence-electron chi connectivity index (χ2n) is 14.1. The van der Waals surface area contributed by atoms with Crippen molar-refractivity contribution in [2.75, 3.05) is 0 Å². The van der Waals surface area contributed by atoms with Gasteiger partial charge in [0.2, 0.25) is 0 Å². The molecule has 3 aromatic heterocycles. The van der Waals surface area contributed by atoms with E-state index in [9.17, 15) is 9.90 Å². The first-order valence-corrected chi connectivity index (χ1v) is 18.4. The molecule has 0 amide bonds. The number of aliphatic hydroxyl groups is 1. The van der Waals surface area contributed by atoms with E-state index in [1.54, 1.807) is 17.7 Å². The number of carbonyl (C=O) groups excluding carboxylic acids is 1. The molecule has 0 fully saturated rings. The number of benzene rings is 2. The fourth-order valence-electron chi connectivity index (χ4n) is 6.12. The van der Waals surface area contributed by atoms with Gasteiger partial charge in [-0.2, -0.15) is 0 Å². The van der Waals surface area contributed by atoms with Gasteiger partial charge in [0.1, 0.15) is 6.33 Å². The minimum Gasteiger partial charge on any atom is -0.512 e. The van der Waals surface area contributed by atoms with Crippen molar-refractivity contribution in [2.45, 2.75) is 99.8 Å². The van der Waals surface area contributed by atoms with Gasteiger partial charge in [-0.15, -0.1) is 40.5 Å². The topological polar surface area (TPSA) is 76.0 Å². The Morgan fingerprint density at radius 3 is 2.20 bits per heavy atom. The van der Waals surface area contributed by atoms with Crippen molar-refractivity contribution >= 4 is 38.1 Å². The maximum Gasteiger partial charge on any atom is 0.162 e. The van der Waals surface area contributed by atoms with Crippen molar-refractivity contribution in [1.29, 1.82) is 0 Å². The molecule has 49 heavy (non-hydrogen) atoms. The maximum absolute atomic E-state index is 11.7. The van der Waals surface area contributed by atoms with Crippen LogP contribution in [0.4, 0.5) is 0 Å². The number of nitrogens with zero attached hydrogens (tertiary/aromatic N) is 3. The third-order valence-electron chi connectivity index (χ3n) is 9.02. The zero-order valence-corrected chi connectivity index (χ0v) is 33.8. The Kier molecular flexibility index (Phi) is 14.9. The van der Waals surface area contributed by atoms with Gasteiger partial charge in [0, 0.05) is 55.5 Å². The summed E-state index contributed by atoms with van der Waals surface area (Å²) in [5.41, 5.74) is 7.53. The van der Waals surface area contributed by atoms with E-state index in [0.717, 1.165) is 65.5 Å². The summed E-state index contributed by atoms with van der Waals surface area (Å²) >= 11 is 1.76. The Morgan fingerprint density at radius 1 is 0.918 bits per heavy atom. The average Bonchev–Trinajstić information content (AvgIpc) is 3.46. The normalized spacial score (nSPS) is 12.0. The Balaban J connectivity index is 0.000000347. The van der Waals surface area contributed by atoms with Crippen molar-refractivity contribution in [3.05, 3.63) is 89.4 Å². The number of ketones is 1. The number of aromatic nitrogens is 3. The quantitative estimate of drug-likeness (QED) is 0.0814. The Bertz CT molecular complexity index is 1860. The molecule has 5 rings (SSSR count). The van der Waals surface area contributed by atoms with Gasteiger partial charge in [-0.1, -0.05) is 91.5 Å². The van der Waals surface area contributed by atoms with Crippen LogP contribution in [0.25, 0.3) is 43.5 Å². The average molecular weight is 855 g/mol. The fourth-order valence-corrected chi connectivity index (χ4v) is 7.09. The van der Waals surface area contributed by atoms with Crippen LogP contribution in [0.2, 0.25) is 0 Å². The number of hydrogen-bond donors (Lipinski definition) is 1. The van der Waals surface area contributed by atoms with Crippen LogP contribution in [0.15, 0.2) is 72.2 Å². The van der Waals surface area contributed by atoms with Gasteiger partial charge in [0.15, 0.2) is 5.78 Å². The van der Waals surface area contributed by atoms with E-state index in [-0.39, 0.29) is 48.9 Å². The Morgan fingerprint density at radius 2 is 1.57 bits per heavy atom.